The van der Waals surface area contributed by atoms with E-state index in [0.717, 1.165) is 27.9 Å². The van der Waals surface area contributed by atoms with Gasteiger partial charge in [-0.3, -0.25) is 0 Å². The summed E-state index contributed by atoms with van der Waals surface area (Å²) < 4.78 is 19.0. The van der Waals surface area contributed by atoms with Gasteiger partial charge in [-0.05, 0) is 55.0 Å². The lowest BCUT2D eigenvalue weighted by molar-refractivity contribution is 0.0734. The summed E-state index contributed by atoms with van der Waals surface area (Å²) in [4.78, 5) is 13.0. The van der Waals surface area contributed by atoms with Gasteiger partial charge in [0.15, 0.2) is 5.65 Å². The summed E-state index contributed by atoms with van der Waals surface area (Å²) in [6.07, 6.45) is 3.79. The molecule has 3 aromatic heterocycles. The van der Waals surface area contributed by atoms with Gasteiger partial charge in [-0.2, -0.15) is 5.10 Å². The number of ether oxygens (including phenoxy) is 3. The second kappa shape index (κ2) is 8.82. The number of pyridine rings is 1. The van der Waals surface area contributed by atoms with E-state index in [-0.39, 0.29) is 6.61 Å². The summed E-state index contributed by atoms with van der Waals surface area (Å²) in [6, 6.07) is 15.1. The van der Waals surface area contributed by atoms with Crippen LogP contribution in [0.4, 0.5) is 11.5 Å². The van der Waals surface area contributed by atoms with Gasteiger partial charge < -0.3 is 24.6 Å². The van der Waals surface area contributed by atoms with Gasteiger partial charge in [0.2, 0.25) is 0 Å². The summed E-state index contributed by atoms with van der Waals surface area (Å²) in [6.45, 7) is 2.62. The minimum Gasteiger partial charge on any atom is -0.485 e. The Morgan fingerprint density at radius 1 is 1.00 bits per heavy atom. The molecular formula is C25H22N6O4. The van der Waals surface area contributed by atoms with Gasteiger partial charge in [-0.15, -0.1) is 0 Å². The maximum absolute atomic E-state index is 9.99. The van der Waals surface area contributed by atoms with Crippen LogP contribution in [-0.2, 0) is 4.74 Å². The number of aryl methyl sites for hydroxylation is 1. The SMILES string of the molecule is Cc1cc(Nc2ncnc3ccc(O[C@H]4COC[C@@H]4O)cc23)ccc1Oc1ccn2ncnc2c1. The maximum atomic E-state index is 9.99. The third-order valence-corrected chi connectivity index (χ3v) is 5.81. The van der Waals surface area contributed by atoms with Crippen molar-refractivity contribution in [3.8, 4) is 17.2 Å². The van der Waals surface area contributed by atoms with Crippen molar-refractivity contribution in [2.75, 3.05) is 18.5 Å². The maximum Gasteiger partial charge on any atom is 0.158 e. The molecule has 10 heteroatoms. The zero-order valence-corrected chi connectivity index (χ0v) is 18.8. The molecule has 1 aliphatic rings. The van der Waals surface area contributed by atoms with Crippen LogP contribution in [0, 0.1) is 6.92 Å². The van der Waals surface area contributed by atoms with Crippen LogP contribution in [0.25, 0.3) is 16.6 Å². The van der Waals surface area contributed by atoms with Gasteiger partial charge in [0.1, 0.15) is 47.9 Å². The van der Waals surface area contributed by atoms with Crippen LogP contribution in [0.5, 0.6) is 17.2 Å². The van der Waals surface area contributed by atoms with Gasteiger partial charge in [-0.1, -0.05) is 0 Å². The quantitative estimate of drug-likeness (QED) is 0.383. The van der Waals surface area contributed by atoms with Crippen LogP contribution in [-0.4, -0.2) is 55.1 Å². The number of benzene rings is 2. The smallest absolute Gasteiger partial charge is 0.158 e. The van der Waals surface area contributed by atoms with E-state index in [1.807, 2.05) is 61.7 Å². The first-order valence-corrected chi connectivity index (χ1v) is 11.1. The first kappa shape index (κ1) is 21.3. The van der Waals surface area contributed by atoms with Crippen LogP contribution in [0.3, 0.4) is 0 Å². The highest BCUT2D eigenvalue weighted by Gasteiger charge is 2.28. The number of hydrogen-bond donors (Lipinski definition) is 2. The molecule has 4 heterocycles. The van der Waals surface area contributed by atoms with Crippen molar-refractivity contribution in [2.45, 2.75) is 19.1 Å². The Bertz CT molecular complexity index is 1520. The van der Waals surface area contributed by atoms with E-state index >= 15 is 0 Å². The second-order valence-electron chi connectivity index (χ2n) is 8.29. The van der Waals surface area contributed by atoms with Crippen molar-refractivity contribution in [2.24, 2.45) is 0 Å². The molecule has 6 rings (SSSR count). The van der Waals surface area contributed by atoms with Gasteiger partial charge in [0, 0.05) is 23.3 Å². The van der Waals surface area contributed by atoms with E-state index in [9.17, 15) is 5.11 Å². The molecule has 0 unspecified atom stereocenters. The predicted octanol–water partition coefficient (Wildman–Crippen LogP) is 3.66. The Labute approximate surface area is 200 Å². The molecule has 1 fully saturated rings. The Balaban J connectivity index is 1.23. The van der Waals surface area contributed by atoms with Crippen molar-refractivity contribution in [3.63, 3.8) is 0 Å². The van der Waals surface area contributed by atoms with Crippen LogP contribution in [0.15, 0.2) is 67.4 Å². The van der Waals surface area contributed by atoms with Crippen molar-refractivity contribution in [3.05, 3.63) is 72.9 Å². The lowest BCUT2D eigenvalue weighted by Gasteiger charge is -2.16. The highest BCUT2D eigenvalue weighted by molar-refractivity contribution is 5.91. The van der Waals surface area contributed by atoms with Gasteiger partial charge in [0.25, 0.3) is 0 Å². The number of anilines is 2. The number of aliphatic hydroxyl groups is 1. The number of nitrogens with one attached hydrogen (secondary N) is 1. The molecule has 35 heavy (non-hydrogen) atoms. The molecule has 0 amide bonds. The van der Waals surface area contributed by atoms with Crippen molar-refractivity contribution in [1.82, 2.24) is 24.6 Å². The number of fused-ring (bicyclic) bond motifs is 2. The molecule has 1 aliphatic heterocycles. The van der Waals surface area contributed by atoms with E-state index < -0.39 is 12.2 Å². The number of rotatable bonds is 6. The molecule has 1 saturated heterocycles. The van der Waals surface area contributed by atoms with Crippen molar-refractivity contribution in [1.29, 1.82) is 0 Å². The van der Waals surface area contributed by atoms with Crippen molar-refractivity contribution < 1.29 is 19.3 Å². The molecule has 0 spiro atoms. The highest BCUT2D eigenvalue weighted by atomic mass is 16.6. The fraction of sp³-hybridized carbons (Fsp3) is 0.200. The minimum absolute atomic E-state index is 0.280. The first-order chi connectivity index (χ1) is 17.1. The topological polar surface area (TPSA) is 116 Å². The molecule has 0 saturated carbocycles. The second-order valence-corrected chi connectivity index (χ2v) is 8.29. The van der Waals surface area contributed by atoms with Gasteiger partial charge in [0.05, 0.1) is 18.7 Å². The molecule has 0 radical (unpaired) electrons. The minimum atomic E-state index is -0.641. The number of nitrogens with zero attached hydrogens (tertiary/aromatic N) is 5. The van der Waals surface area contributed by atoms with Crippen LogP contribution >= 0.6 is 0 Å². The fourth-order valence-electron chi connectivity index (χ4n) is 3.98. The zero-order chi connectivity index (χ0) is 23.8. The van der Waals surface area contributed by atoms with Gasteiger partial charge >= 0.3 is 0 Å². The van der Waals surface area contributed by atoms with Crippen molar-refractivity contribution >= 4 is 28.1 Å². The van der Waals surface area contributed by atoms with E-state index in [1.54, 1.807) is 4.52 Å². The van der Waals surface area contributed by atoms with Gasteiger partial charge in [-0.25, -0.2) is 19.5 Å². The normalized spacial score (nSPS) is 17.7. The summed E-state index contributed by atoms with van der Waals surface area (Å²) >= 11 is 0. The lowest BCUT2D eigenvalue weighted by Crippen LogP contribution is -2.29. The molecule has 2 atom stereocenters. The summed E-state index contributed by atoms with van der Waals surface area (Å²) in [5, 5.41) is 18.3. The molecule has 176 valence electrons. The lowest BCUT2D eigenvalue weighted by atomic mass is 10.1. The average molecular weight is 470 g/mol. The third kappa shape index (κ3) is 4.32. The first-order valence-electron chi connectivity index (χ1n) is 11.1. The van der Waals surface area contributed by atoms with Crippen LogP contribution < -0.4 is 14.8 Å². The largest absolute Gasteiger partial charge is 0.485 e. The molecule has 2 N–H and O–H groups in total. The van der Waals surface area contributed by atoms with E-state index in [0.29, 0.717) is 29.6 Å². The molecule has 2 aromatic carbocycles. The molecule has 10 nitrogen and oxygen atoms in total. The number of aliphatic hydroxyl groups excluding tert-OH is 1. The molecular weight excluding hydrogens is 448 g/mol. The van der Waals surface area contributed by atoms with E-state index in [1.165, 1.54) is 12.7 Å². The zero-order valence-electron chi connectivity index (χ0n) is 18.8. The molecule has 0 bridgehead atoms. The van der Waals surface area contributed by atoms with Crippen LogP contribution in [0.2, 0.25) is 0 Å². The summed E-state index contributed by atoms with van der Waals surface area (Å²) in [5.41, 5.74) is 3.30. The Morgan fingerprint density at radius 2 is 1.94 bits per heavy atom. The fourth-order valence-corrected chi connectivity index (χ4v) is 3.98. The molecule has 0 aliphatic carbocycles. The average Bonchev–Trinajstić information content (AvgIpc) is 3.49. The standard InChI is InChI=1S/C25H22N6O4/c1-15-8-16(2-5-22(15)34-18-6-7-31-24(10-18)27-14-29-31)30-25-19-9-17(3-4-20(19)26-13-28-25)35-23-12-33-11-21(23)32/h2-10,13-14,21,23,32H,11-12H2,1H3,(H,26,28,30)/t21-,23-/m0/s1. The third-order valence-electron chi connectivity index (χ3n) is 5.81. The number of hydrogen-bond acceptors (Lipinski definition) is 9. The summed E-state index contributed by atoms with van der Waals surface area (Å²) in [7, 11) is 0. The van der Waals surface area contributed by atoms with E-state index in [2.05, 4.69) is 25.4 Å². The Hall–Kier alpha value is -4.28. The molecule has 5 aromatic rings. The highest BCUT2D eigenvalue weighted by Crippen LogP contribution is 2.31. The monoisotopic (exact) mass is 470 g/mol. The Morgan fingerprint density at radius 3 is 2.80 bits per heavy atom. The predicted molar refractivity (Wildman–Crippen MR) is 128 cm³/mol. The van der Waals surface area contributed by atoms with E-state index in [4.69, 9.17) is 14.2 Å². The number of aromatic nitrogens is 5. The van der Waals surface area contributed by atoms with Crippen LogP contribution in [0.1, 0.15) is 5.56 Å². The summed E-state index contributed by atoms with van der Waals surface area (Å²) in [5.74, 6) is 2.69. The Kier molecular flexibility index (Phi) is 5.36.